The quantitative estimate of drug-likeness (QED) is 0.887. The normalized spacial score (nSPS) is 12.4. The van der Waals surface area contributed by atoms with Gasteiger partial charge in [0.25, 0.3) is 5.91 Å². The van der Waals surface area contributed by atoms with E-state index in [4.69, 9.17) is 9.52 Å². The summed E-state index contributed by atoms with van der Waals surface area (Å²) in [6.45, 7) is 6.09. The van der Waals surface area contributed by atoms with E-state index in [1.54, 1.807) is 19.1 Å². The van der Waals surface area contributed by atoms with Crippen LogP contribution in [-0.4, -0.2) is 23.7 Å². The van der Waals surface area contributed by atoms with Crippen molar-refractivity contribution in [3.05, 3.63) is 47.7 Å². The molecule has 0 fully saturated rings. The van der Waals surface area contributed by atoms with Crippen molar-refractivity contribution in [2.45, 2.75) is 32.8 Å². The lowest BCUT2D eigenvalue weighted by molar-refractivity contribution is 0.0897. The molecular formula is C17H21NO3. The van der Waals surface area contributed by atoms with Gasteiger partial charge in [-0.1, -0.05) is 32.0 Å². The highest BCUT2D eigenvalue weighted by Gasteiger charge is 2.13. The molecule has 112 valence electrons. The Bertz CT molecular complexity index is 614. The molecule has 4 nitrogen and oxygen atoms in total. The Morgan fingerprint density at radius 1 is 1.24 bits per heavy atom. The van der Waals surface area contributed by atoms with Gasteiger partial charge in [-0.25, -0.2) is 0 Å². The predicted octanol–water partition coefficient (Wildman–Crippen LogP) is 3.18. The van der Waals surface area contributed by atoms with E-state index in [2.05, 4.69) is 31.3 Å². The number of carbonyl (C=O) groups is 1. The lowest BCUT2D eigenvalue weighted by Gasteiger charge is -2.07. The number of benzene rings is 1. The Hall–Kier alpha value is -2.07. The van der Waals surface area contributed by atoms with Crippen molar-refractivity contribution in [2.75, 3.05) is 6.54 Å². The Kier molecular flexibility index (Phi) is 4.81. The summed E-state index contributed by atoms with van der Waals surface area (Å²) in [7, 11) is 0. The first-order valence-electron chi connectivity index (χ1n) is 7.14. The fourth-order valence-corrected chi connectivity index (χ4v) is 1.99. The molecular weight excluding hydrogens is 266 g/mol. The van der Waals surface area contributed by atoms with Gasteiger partial charge in [-0.05, 0) is 36.6 Å². The van der Waals surface area contributed by atoms with E-state index in [1.165, 1.54) is 5.56 Å². The van der Waals surface area contributed by atoms with Crippen molar-refractivity contribution in [3.63, 3.8) is 0 Å². The van der Waals surface area contributed by atoms with Gasteiger partial charge in [-0.15, -0.1) is 0 Å². The van der Waals surface area contributed by atoms with Crippen LogP contribution in [0.5, 0.6) is 0 Å². The largest absolute Gasteiger partial charge is 0.451 e. The molecule has 0 saturated heterocycles. The molecule has 1 aromatic carbocycles. The van der Waals surface area contributed by atoms with Gasteiger partial charge in [0.2, 0.25) is 0 Å². The topological polar surface area (TPSA) is 62.5 Å². The Balaban J connectivity index is 2.16. The maximum absolute atomic E-state index is 11.9. The Morgan fingerprint density at radius 3 is 2.67 bits per heavy atom. The van der Waals surface area contributed by atoms with Crippen LogP contribution in [0.1, 0.15) is 42.8 Å². The molecule has 0 aliphatic heterocycles. The first kappa shape index (κ1) is 15.3. The average molecular weight is 287 g/mol. The van der Waals surface area contributed by atoms with Gasteiger partial charge in [-0.3, -0.25) is 4.79 Å². The molecule has 4 heteroatoms. The first-order chi connectivity index (χ1) is 9.97. The number of hydrogen-bond acceptors (Lipinski definition) is 3. The van der Waals surface area contributed by atoms with Crippen molar-refractivity contribution < 1.29 is 14.3 Å². The monoisotopic (exact) mass is 287 g/mol. The molecule has 1 heterocycles. The van der Waals surface area contributed by atoms with E-state index in [0.717, 1.165) is 5.56 Å². The molecule has 0 saturated carbocycles. The van der Waals surface area contributed by atoms with E-state index in [1.807, 2.05) is 12.1 Å². The van der Waals surface area contributed by atoms with Gasteiger partial charge < -0.3 is 14.8 Å². The highest BCUT2D eigenvalue weighted by Crippen LogP contribution is 2.25. The maximum atomic E-state index is 11.9. The summed E-state index contributed by atoms with van der Waals surface area (Å²) in [6, 6.07) is 11.5. The van der Waals surface area contributed by atoms with Crippen molar-refractivity contribution in [2.24, 2.45) is 0 Å². The number of hydrogen-bond donors (Lipinski definition) is 2. The highest BCUT2D eigenvalue weighted by atomic mass is 16.4. The van der Waals surface area contributed by atoms with Gasteiger partial charge in [0.05, 0.1) is 6.10 Å². The summed E-state index contributed by atoms with van der Waals surface area (Å²) in [5.74, 6) is 1.04. The fraction of sp³-hybridized carbons (Fsp3) is 0.353. The number of rotatable bonds is 5. The van der Waals surface area contributed by atoms with Crippen LogP contribution in [0.25, 0.3) is 11.3 Å². The number of amides is 1. The van der Waals surface area contributed by atoms with E-state index in [0.29, 0.717) is 11.7 Å². The zero-order chi connectivity index (χ0) is 15.4. The van der Waals surface area contributed by atoms with Crippen LogP contribution in [-0.2, 0) is 0 Å². The lowest BCUT2D eigenvalue weighted by Crippen LogP contribution is -2.30. The van der Waals surface area contributed by atoms with Crippen molar-refractivity contribution in [3.8, 4) is 11.3 Å². The second-order valence-electron chi connectivity index (χ2n) is 5.50. The molecule has 21 heavy (non-hydrogen) atoms. The Morgan fingerprint density at radius 2 is 2.00 bits per heavy atom. The van der Waals surface area contributed by atoms with Crippen molar-refractivity contribution in [1.29, 1.82) is 0 Å². The second-order valence-corrected chi connectivity index (χ2v) is 5.50. The molecule has 0 aliphatic rings. The standard InChI is InChI=1S/C17H21NO3/c1-11(2)13-5-4-6-14(9-13)15-7-8-16(21-15)17(20)18-10-12(3)19/h4-9,11-12,19H,10H2,1-3H3,(H,18,20). The summed E-state index contributed by atoms with van der Waals surface area (Å²) in [6.07, 6.45) is -0.578. The lowest BCUT2D eigenvalue weighted by atomic mass is 10.0. The van der Waals surface area contributed by atoms with Gasteiger partial charge in [-0.2, -0.15) is 0 Å². The third-order valence-corrected chi connectivity index (χ3v) is 3.23. The average Bonchev–Trinajstić information content (AvgIpc) is 2.94. The number of furan rings is 1. The fourth-order valence-electron chi connectivity index (χ4n) is 1.99. The van der Waals surface area contributed by atoms with Crippen LogP contribution in [0, 0.1) is 0 Å². The number of aliphatic hydroxyl groups excluding tert-OH is 1. The van der Waals surface area contributed by atoms with Crippen molar-refractivity contribution in [1.82, 2.24) is 5.32 Å². The second kappa shape index (κ2) is 6.59. The smallest absolute Gasteiger partial charge is 0.287 e. The summed E-state index contributed by atoms with van der Waals surface area (Å²) in [5.41, 5.74) is 2.18. The summed E-state index contributed by atoms with van der Waals surface area (Å²) in [4.78, 5) is 11.9. The predicted molar refractivity (Wildman–Crippen MR) is 82.2 cm³/mol. The molecule has 1 aromatic heterocycles. The molecule has 2 aromatic rings. The van der Waals surface area contributed by atoms with Crippen LogP contribution in [0.2, 0.25) is 0 Å². The molecule has 1 amide bonds. The molecule has 0 radical (unpaired) electrons. The highest BCUT2D eigenvalue weighted by molar-refractivity contribution is 5.92. The van der Waals surface area contributed by atoms with Gasteiger partial charge in [0.15, 0.2) is 5.76 Å². The van der Waals surface area contributed by atoms with Gasteiger partial charge in [0.1, 0.15) is 5.76 Å². The molecule has 0 bridgehead atoms. The number of aliphatic hydroxyl groups is 1. The summed E-state index contributed by atoms with van der Waals surface area (Å²) >= 11 is 0. The van der Waals surface area contributed by atoms with E-state index < -0.39 is 6.10 Å². The zero-order valence-electron chi connectivity index (χ0n) is 12.6. The molecule has 1 unspecified atom stereocenters. The third kappa shape index (κ3) is 3.95. The molecule has 0 aliphatic carbocycles. The number of carbonyl (C=O) groups excluding carboxylic acids is 1. The third-order valence-electron chi connectivity index (χ3n) is 3.23. The van der Waals surface area contributed by atoms with E-state index in [-0.39, 0.29) is 18.2 Å². The van der Waals surface area contributed by atoms with Crippen LogP contribution in [0.3, 0.4) is 0 Å². The van der Waals surface area contributed by atoms with E-state index >= 15 is 0 Å². The first-order valence-corrected chi connectivity index (χ1v) is 7.14. The van der Waals surface area contributed by atoms with E-state index in [9.17, 15) is 4.79 Å². The maximum Gasteiger partial charge on any atom is 0.287 e. The number of nitrogens with one attached hydrogen (secondary N) is 1. The molecule has 2 N–H and O–H groups in total. The minimum atomic E-state index is -0.578. The molecule has 2 rings (SSSR count). The van der Waals surface area contributed by atoms with Gasteiger partial charge in [0, 0.05) is 12.1 Å². The zero-order valence-corrected chi connectivity index (χ0v) is 12.6. The van der Waals surface area contributed by atoms with Crippen molar-refractivity contribution >= 4 is 5.91 Å². The molecule has 1 atom stereocenters. The minimum absolute atomic E-state index is 0.206. The Labute approximate surface area is 124 Å². The van der Waals surface area contributed by atoms with Crippen LogP contribution in [0.4, 0.5) is 0 Å². The molecule has 0 spiro atoms. The van der Waals surface area contributed by atoms with Crippen LogP contribution < -0.4 is 5.32 Å². The van der Waals surface area contributed by atoms with Crippen LogP contribution in [0.15, 0.2) is 40.8 Å². The summed E-state index contributed by atoms with van der Waals surface area (Å²) < 4.78 is 5.60. The van der Waals surface area contributed by atoms with Crippen LogP contribution >= 0.6 is 0 Å². The minimum Gasteiger partial charge on any atom is -0.451 e. The summed E-state index contributed by atoms with van der Waals surface area (Å²) in [5, 5.41) is 11.8. The van der Waals surface area contributed by atoms with Gasteiger partial charge >= 0.3 is 0 Å². The SMILES string of the molecule is CC(O)CNC(=O)c1ccc(-c2cccc(C(C)C)c2)o1.